The van der Waals surface area contributed by atoms with Crippen LogP contribution in [0.1, 0.15) is 42.5 Å². The first-order chi connectivity index (χ1) is 10.1. The van der Waals surface area contributed by atoms with Gasteiger partial charge in [-0.3, -0.25) is 9.78 Å². The molecule has 1 amide bonds. The molecule has 0 aliphatic heterocycles. The van der Waals surface area contributed by atoms with Gasteiger partial charge in [0.2, 0.25) is 5.91 Å². The van der Waals surface area contributed by atoms with Crippen LogP contribution in [0.25, 0.3) is 10.9 Å². The molecule has 110 valence electrons. The van der Waals surface area contributed by atoms with Crippen LogP contribution in [-0.4, -0.2) is 16.9 Å². The Kier molecular flexibility index (Phi) is 3.91. The number of nitrogens with zero attached hydrogens (tertiary/aromatic N) is 1. The Hall–Kier alpha value is -1.90. The van der Waals surface area contributed by atoms with Crippen LogP contribution in [0, 0.1) is 13.8 Å². The third-order valence-electron chi connectivity index (χ3n) is 4.54. The molecule has 1 aliphatic rings. The Labute approximate surface area is 125 Å². The first-order valence-electron chi connectivity index (χ1n) is 7.79. The van der Waals surface area contributed by atoms with E-state index in [1.165, 1.54) is 18.4 Å². The first-order valence-corrected chi connectivity index (χ1v) is 7.79. The van der Waals surface area contributed by atoms with Crippen LogP contribution in [0.15, 0.2) is 24.3 Å². The molecule has 0 unspecified atom stereocenters. The van der Waals surface area contributed by atoms with Crippen LogP contribution in [0.4, 0.5) is 0 Å². The highest BCUT2D eigenvalue weighted by atomic mass is 16.1. The van der Waals surface area contributed by atoms with Crippen LogP contribution in [-0.2, 0) is 11.2 Å². The van der Waals surface area contributed by atoms with E-state index >= 15 is 0 Å². The zero-order valence-electron chi connectivity index (χ0n) is 12.8. The van der Waals surface area contributed by atoms with Gasteiger partial charge in [-0.25, -0.2) is 0 Å². The van der Waals surface area contributed by atoms with Gasteiger partial charge in [0.05, 0.1) is 11.9 Å². The predicted octanol–water partition coefficient (Wildman–Crippen LogP) is 3.45. The SMILES string of the molecule is Cc1nc2ccccc2c(C)c1CC(=O)NC1CCCC1. The molecule has 0 bridgehead atoms. The van der Waals surface area contributed by atoms with Gasteiger partial charge < -0.3 is 5.32 Å². The molecular weight excluding hydrogens is 260 g/mol. The van der Waals surface area contributed by atoms with Crippen molar-refractivity contribution < 1.29 is 4.79 Å². The Morgan fingerprint density at radius 3 is 2.71 bits per heavy atom. The van der Waals surface area contributed by atoms with Crippen LogP contribution in [0.2, 0.25) is 0 Å². The lowest BCUT2D eigenvalue weighted by molar-refractivity contribution is -0.121. The van der Waals surface area contributed by atoms with E-state index in [-0.39, 0.29) is 5.91 Å². The number of benzene rings is 1. The highest BCUT2D eigenvalue weighted by Crippen LogP contribution is 2.23. The summed E-state index contributed by atoms with van der Waals surface area (Å²) < 4.78 is 0. The maximum Gasteiger partial charge on any atom is 0.224 e. The number of aromatic nitrogens is 1. The molecule has 3 nitrogen and oxygen atoms in total. The lowest BCUT2D eigenvalue weighted by Crippen LogP contribution is -2.34. The van der Waals surface area contributed by atoms with Gasteiger partial charge >= 0.3 is 0 Å². The van der Waals surface area contributed by atoms with Gasteiger partial charge in [0.1, 0.15) is 0 Å². The standard InChI is InChI=1S/C18H22N2O/c1-12-15-9-5-6-10-17(15)19-13(2)16(12)11-18(21)20-14-7-3-4-8-14/h5-6,9-10,14H,3-4,7-8,11H2,1-2H3,(H,20,21). The quantitative estimate of drug-likeness (QED) is 0.937. The number of rotatable bonds is 3. The van der Waals surface area contributed by atoms with E-state index in [1.54, 1.807) is 0 Å². The van der Waals surface area contributed by atoms with E-state index in [1.807, 2.05) is 25.1 Å². The molecule has 1 aromatic heterocycles. The average molecular weight is 282 g/mol. The Morgan fingerprint density at radius 1 is 1.24 bits per heavy atom. The molecule has 3 rings (SSSR count). The zero-order chi connectivity index (χ0) is 14.8. The number of pyridine rings is 1. The predicted molar refractivity (Wildman–Crippen MR) is 85.3 cm³/mol. The van der Waals surface area contributed by atoms with E-state index in [9.17, 15) is 4.79 Å². The first kappa shape index (κ1) is 14.1. The van der Waals surface area contributed by atoms with Crippen molar-refractivity contribution in [2.45, 2.75) is 52.0 Å². The number of nitrogens with one attached hydrogen (secondary N) is 1. The minimum Gasteiger partial charge on any atom is -0.353 e. The number of amides is 1. The fourth-order valence-electron chi connectivity index (χ4n) is 3.34. The summed E-state index contributed by atoms with van der Waals surface area (Å²) in [6.07, 6.45) is 5.16. The third kappa shape index (κ3) is 2.92. The van der Waals surface area contributed by atoms with Crippen molar-refractivity contribution in [3.05, 3.63) is 41.1 Å². The summed E-state index contributed by atoms with van der Waals surface area (Å²) >= 11 is 0. The van der Waals surface area contributed by atoms with E-state index in [0.29, 0.717) is 12.5 Å². The number of carbonyl (C=O) groups is 1. The van der Waals surface area contributed by atoms with Crippen LogP contribution in [0.3, 0.4) is 0 Å². The molecule has 0 radical (unpaired) electrons. The molecule has 1 saturated carbocycles. The number of para-hydroxylation sites is 1. The maximum absolute atomic E-state index is 12.3. The van der Waals surface area contributed by atoms with Gasteiger partial charge in [0.15, 0.2) is 0 Å². The fourth-order valence-corrected chi connectivity index (χ4v) is 3.34. The van der Waals surface area contributed by atoms with Crippen LogP contribution < -0.4 is 5.32 Å². The van der Waals surface area contributed by atoms with Crippen molar-refractivity contribution in [2.24, 2.45) is 0 Å². The largest absolute Gasteiger partial charge is 0.353 e. The van der Waals surface area contributed by atoms with Crippen molar-refractivity contribution >= 4 is 16.8 Å². The molecule has 1 fully saturated rings. The normalized spacial score (nSPS) is 15.5. The van der Waals surface area contributed by atoms with Gasteiger partial charge in [-0.15, -0.1) is 0 Å². The molecule has 1 aliphatic carbocycles. The molecule has 0 saturated heterocycles. The average Bonchev–Trinajstić information content (AvgIpc) is 2.96. The third-order valence-corrected chi connectivity index (χ3v) is 4.54. The van der Waals surface area contributed by atoms with Crippen LogP contribution >= 0.6 is 0 Å². The molecule has 1 aromatic carbocycles. The lowest BCUT2D eigenvalue weighted by Gasteiger charge is -2.15. The van der Waals surface area contributed by atoms with E-state index < -0.39 is 0 Å². The second-order valence-electron chi connectivity index (χ2n) is 6.04. The Balaban J connectivity index is 1.84. The van der Waals surface area contributed by atoms with Crippen LogP contribution in [0.5, 0.6) is 0 Å². The van der Waals surface area contributed by atoms with Crippen molar-refractivity contribution in [3.63, 3.8) is 0 Å². The van der Waals surface area contributed by atoms with Gasteiger partial charge in [-0.05, 0) is 43.9 Å². The number of hydrogen-bond donors (Lipinski definition) is 1. The fraction of sp³-hybridized carbons (Fsp3) is 0.444. The van der Waals surface area contributed by atoms with Gasteiger partial charge in [-0.1, -0.05) is 31.0 Å². The van der Waals surface area contributed by atoms with Crippen molar-refractivity contribution in [1.29, 1.82) is 0 Å². The number of carbonyl (C=O) groups excluding carboxylic acids is 1. The highest BCUT2D eigenvalue weighted by molar-refractivity contribution is 5.86. The topological polar surface area (TPSA) is 42.0 Å². The summed E-state index contributed by atoms with van der Waals surface area (Å²) in [6.45, 7) is 4.09. The molecule has 1 heterocycles. The summed E-state index contributed by atoms with van der Waals surface area (Å²) in [7, 11) is 0. The summed E-state index contributed by atoms with van der Waals surface area (Å²) in [5.74, 6) is 0.130. The van der Waals surface area contributed by atoms with E-state index in [0.717, 1.165) is 35.0 Å². The second kappa shape index (κ2) is 5.84. The molecule has 1 N–H and O–H groups in total. The summed E-state index contributed by atoms with van der Waals surface area (Å²) in [4.78, 5) is 16.9. The zero-order valence-corrected chi connectivity index (χ0v) is 12.8. The molecule has 2 aromatic rings. The maximum atomic E-state index is 12.3. The Morgan fingerprint density at radius 2 is 1.95 bits per heavy atom. The van der Waals surface area contributed by atoms with Gasteiger partial charge in [-0.2, -0.15) is 0 Å². The van der Waals surface area contributed by atoms with Crippen molar-refractivity contribution in [1.82, 2.24) is 10.3 Å². The minimum atomic E-state index is 0.130. The molecule has 0 atom stereocenters. The molecule has 3 heteroatoms. The lowest BCUT2D eigenvalue weighted by atomic mass is 9.99. The van der Waals surface area contributed by atoms with Crippen molar-refractivity contribution in [2.75, 3.05) is 0 Å². The summed E-state index contributed by atoms with van der Waals surface area (Å²) in [5, 5.41) is 4.31. The summed E-state index contributed by atoms with van der Waals surface area (Å²) in [5.41, 5.74) is 4.23. The second-order valence-corrected chi connectivity index (χ2v) is 6.04. The van der Waals surface area contributed by atoms with Gasteiger partial charge in [0.25, 0.3) is 0 Å². The van der Waals surface area contributed by atoms with Gasteiger partial charge in [0, 0.05) is 17.1 Å². The summed E-state index contributed by atoms with van der Waals surface area (Å²) in [6, 6.07) is 8.51. The van der Waals surface area contributed by atoms with Crippen molar-refractivity contribution in [3.8, 4) is 0 Å². The van der Waals surface area contributed by atoms with E-state index in [4.69, 9.17) is 0 Å². The number of hydrogen-bond acceptors (Lipinski definition) is 2. The number of fused-ring (bicyclic) bond motifs is 1. The molecular formula is C18H22N2O. The highest BCUT2D eigenvalue weighted by Gasteiger charge is 2.19. The molecule has 0 spiro atoms. The minimum absolute atomic E-state index is 0.130. The number of aryl methyl sites for hydroxylation is 2. The Bertz CT molecular complexity index is 672. The monoisotopic (exact) mass is 282 g/mol. The smallest absolute Gasteiger partial charge is 0.224 e. The van der Waals surface area contributed by atoms with E-state index in [2.05, 4.69) is 23.3 Å². The molecule has 21 heavy (non-hydrogen) atoms.